The highest BCUT2D eigenvalue weighted by atomic mass is 32.1. The highest BCUT2D eigenvalue weighted by Gasteiger charge is 2.59. The van der Waals surface area contributed by atoms with Crippen molar-refractivity contribution in [1.29, 1.82) is 0 Å². The van der Waals surface area contributed by atoms with E-state index in [9.17, 15) is 14.4 Å². The van der Waals surface area contributed by atoms with Crippen LogP contribution in [0.15, 0.2) is 48.2 Å². The molecule has 11 heteroatoms. The number of nitrogens with one attached hydrogen (secondary N) is 2. The van der Waals surface area contributed by atoms with Gasteiger partial charge in [0.15, 0.2) is 5.13 Å². The van der Waals surface area contributed by atoms with E-state index in [1.54, 1.807) is 25.4 Å². The summed E-state index contributed by atoms with van der Waals surface area (Å²) in [6, 6.07) is 8.92. The summed E-state index contributed by atoms with van der Waals surface area (Å²) in [6.07, 6.45) is 20.9. The molecule has 2 unspecified atom stereocenters. The minimum Gasteiger partial charge on any atom is -0.462 e. The Morgan fingerprint density at radius 1 is 0.887 bits per heavy atom. The van der Waals surface area contributed by atoms with E-state index >= 15 is 0 Å². The van der Waals surface area contributed by atoms with Crippen molar-refractivity contribution in [2.24, 2.45) is 46.3 Å². The van der Waals surface area contributed by atoms with Crippen molar-refractivity contribution in [1.82, 2.24) is 15.3 Å². The number of anilines is 1. The van der Waals surface area contributed by atoms with Crippen LogP contribution in [0.4, 0.5) is 5.13 Å². The summed E-state index contributed by atoms with van der Waals surface area (Å²) in [5.74, 6) is 5.01. The van der Waals surface area contributed by atoms with Gasteiger partial charge in [0.05, 0.1) is 29.1 Å². The number of ether oxygens (including phenoxy) is 3. The summed E-state index contributed by atoms with van der Waals surface area (Å²) in [5.41, 5.74) is 3.30. The van der Waals surface area contributed by atoms with Crippen LogP contribution in [0.5, 0.6) is 11.5 Å². The molecule has 1 aromatic carbocycles. The average Bonchev–Trinajstić information content (AvgIpc) is 3.83. The third-order valence-electron chi connectivity index (χ3n) is 16.2. The third kappa shape index (κ3) is 9.58. The largest absolute Gasteiger partial charge is 0.462 e. The molecule has 0 saturated heterocycles. The van der Waals surface area contributed by atoms with Gasteiger partial charge in [0.25, 0.3) is 5.91 Å². The summed E-state index contributed by atoms with van der Waals surface area (Å²) in [7, 11) is 1.56. The van der Waals surface area contributed by atoms with E-state index in [-0.39, 0.29) is 60.0 Å². The Kier molecular flexibility index (Phi) is 13.7. The van der Waals surface area contributed by atoms with Crippen molar-refractivity contribution in [2.75, 3.05) is 12.4 Å². The van der Waals surface area contributed by atoms with Crippen LogP contribution in [0.2, 0.25) is 0 Å². The van der Waals surface area contributed by atoms with E-state index in [1.807, 2.05) is 18.2 Å². The van der Waals surface area contributed by atoms with Crippen molar-refractivity contribution in [3.63, 3.8) is 0 Å². The van der Waals surface area contributed by atoms with Crippen LogP contribution >= 0.6 is 11.3 Å². The van der Waals surface area contributed by atoms with Gasteiger partial charge in [-0.15, -0.1) is 0 Å². The Morgan fingerprint density at radius 3 is 2.48 bits per heavy atom. The van der Waals surface area contributed by atoms with Gasteiger partial charge < -0.3 is 24.8 Å². The standard InChI is InChI=1S/C51H70N4O6S/c1-31(2)10-9-11-32(3)38-17-18-39-37-16-14-33-28-35(22-25-50(33,4)40(37)23-26-51(38,39)5)60-46(56)20-21-47(57)61-44-13-8-7-12-41(44)54-49-55-42-19-15-34(30-45(42)62-49)59-36-24-27-53-43(29-36)48(58)52-6/h14-15,19,24,27,29-32,35,37-41,44H,7-13,16-18,20-23,25-26,28H2,1-6H3,(H,52,58)(H,54,55)/t32-,35?,37+,38-,39+,40+,41?,44-,50+,51-/m1/s1. The molecule has 5 aliphatic carbocycles. The number of benzene rings is 1. The molecule has 62 heavy (non-hydrogen) atoms. The number of amides is 1. The number of rotatable bonds is 15. The highest BCUT2D eigenvalue weighted by Crippen LogP contribution is 2.67. The van der Waals surface area contributed by atoms with Gasteiger partial charge in [-0.05, 0) is 129 Å². The number of carbonyl (C=O) groups is 3. The van der Waals surface area contributed by atoms with Crippen LogP contribution < -0.4 is 15.4 Å². The predicted octanol–water partition coefficient (Wildman–Crippen LogP) is 11.8. The number of thiazole rings is 1. The van der Waals surface area contributed by atoms with Gasteiger partial charge in [-0.2, -0.15) is 0 Å². The maximum atomic E-state index is 13.2. The first-order valence-corrected chi connectivity index (χ1v) is 24.8. The summed E-state index contributed by atoms with van der Waals surface area (Å²) in [4.78, 5) is 47.3. The Labute approximate surface area is 373 Å². The number of allylic oxidation sites excluding steroid dienone is 1. The lowest BCUT2D eigenvalue weighted by molar-refractivity contribution is -0.158. The smallest absolute Gasteiger partial charge is 0.306 e. The summed E-state index contributed by atoms with van der Waals surface area (Å²) in [5, 5.41) is 6.88. The van der Waals surface area contributed by atoms with Crippen LogP contribution in [-0.2, 0) is 19.1 Å². The van der Waals surface area contributed by atoms with E-state index in [4.69, 9.17) is 19.2 Å². The average molecular weight is 867 g/mol. The molecular formula is C51H70N4O6S. The van der Waals surface area contributed by atoms with E-state index in [1.165, 1.54) is 68.3 Å². The Bertz CT molecular complexity index is 2120. The molecule has 336 valence electrons. The molecule has 4 fully saturated rings. The van der Waals surface area contributed by atoms with Gasteiger partial charge in [-0.25, -0.2) is 4.98 Å². The summed E-state index contributed by atoms with van der Waals surface area (Å²) >= 11 is 1.51. The number of carbonyl (C=O) groups excluding carboxylic acids is 3. The van der Waals surface area contributed by atoms with Crippen LogP contribution in [0.25, 0.3) is 10.2 Å². The zero-order valence-electron chi connectivity index (χ0n) is 38.0. The SMILES string of the molecule is CNC(=O)c1cc(Oc2ccc3nc(NC4CCCC[C@H]4OC(=O)CCC(=O)OC4CC[C@@]5(C)C(=CC[C@H]6[C@@H]7CC[C@H]([C@H](C)CCCC(C)C)[C@@]7(C)CC[C@@H]65)C4)sc3c2)ccn1. The molecule has 0 bridgehead atoms. The lowest BCUT2D eigenvalue weighted by Crippen LogP contribution is -2.51. The predicted molar refractivity (Wildman–Crippen MR) is 245 cm³/mol. The van der Waals surface area contributed by atoms with Crippen LogP contribution in [0, 0.1) is 46.3 Å². The molecule has 2 heterocycles. The monoisotopic (exact) mass is 867 g/mol. The molecule has 0 spiro atoms. The first-order chi connectivity index (χ1) is 29.8. The molecule has 0 aliphatic heterocycles. The topological polar surface area (TPSA) is 129 Å². The van der Waals surface area contributed by atoms with Gasteiger partial charge in [0, 0.05) is 31.8 Å². The maximum Gasteiger partial charge on any atom is 0.306 e. The van der Waals surface area contributed by atoms with Gasteiger partial charge in [0.2, 0.25) is 0 Å². The normalized spacial score (nSPS) is 31.0. The molecule has 2 N–H and O–H groups in total. The molecule has 0 radical (unpaired) electrons. The molecule has 5 aliphatic rings. The number of pyridine rings is 1. The quantitative estimate of drug-likeness (QED) is 0.113. The second kappa shape index (κ2) is 19.0. The third-order valence-corrected chi connectivity index (χ3v) is 17.1. The van der Waals surface area contributed by atoms with Gasteiger partial charge in [-0.3, -0.25) is 19.4 Å². The molecular weight excluding hydrogens is 797 g/mol. The lowest BCUT2D eigenvalue weighted by atomic mass is 9.47. The summed E-state index contributed by atoms with van der Waals surface area (Å²) in [6.45, 7) is 12.5. The van der Waals surface area contributed by atoms with Crippen LogP contribution in [-0.4, -0.2) is 53.1 Å². The second-order valence-electron chi connectivity index (χ2n) is 20.4. The molecule has 10 nitrogen and oxygen atoms in total. The Balaban J connectivity index is 0.803. The van der Waals surface area contributed by atoms with E-state index in [2.05, 4.69) is 56.3 Å². The zero-order chi connectivity index (χ0) is 43.6. The minimum absolute atomic E-state index is 0.0163. The molecule has 1 amide bonds. The van der Waals surface area contributed by atoms with E-state index in [0.717, 1.165) is 95.8 Å². The number of fused-ring (bicyclic) bond motifs is 6. The lowest BCUT2D eigenvalue weighted by Gasteiger charge is -2.58. The van der Waals surface area contributed by atoms with Gasteiger partial charge >= 0.3 is 11.9 Å². The van der Waals surface area contributed by atoms with Crippen molar-refractivity contribution in [3.05, 3.63) is 53.9 Å². The molecule has 4 saturated carbocycles. The molecule has 2 aromatic heterocycles. The molecule has 3 aromatic rings. The number of esters is 2. The zero-order valence-corrected chi connectivity index (χ0v) is 38.8. The van der Waals surface area contributed by atoms with Crippen molar-refractivity contribution < 1.29 is 28.6 Å². The number of hydrogen-bond donors (Lipinski definition) is 2. The second-order valence-corrected chi connectivity index (χ2v) is 21.4. The van der Waals surface area contributed by atoms with Crippen LogP contribution in [0.1, 0.15) is 154 Å². The van der Waals surface area contributed by atoms with Crippen molar-refractivity contribution in [3.8, 4) is 11.5 Å². The Morgan fingerprint density at radius 2 is 1.68 bits per heavy atom. The molecule has 10 atom stereocenters. The first-order valence-electron chi connectivity index (χ1n) is 23.9. The first kappa shape index (κ1) is 44.6. The van der Waals surface area contributed by atoms with Crippen molar-refractivity contribution >= 4 is 44.5 Å². The Hall–Kier alpha value is -3.99. The number of hydrogen-bond acceptors (Lipinski definition) is 10. The highest BCUT2D eigenvalue weighted by molar-refractivity contribution is 7.22. The maximum absolute atomic E-state index is 13.2. The molecule has 8 rings (SSSR count). The fourth-order valence-electron chi connectivity index (χ4n) is 12.9. The minimum atomic E-state index is -0.358. The number of aromatic nitrogens is 2. The van der Waals surface area contributed by atoms with E-state index in [0.29, 0.717) is 16.9 Å². The fraction of sp³-hybridized carbons (Fsp3) is 0.667. The fourth-order valence-corrected chi connectivity index (χ4v) is 13.8. The van der Waals surface area contributed by atoms with Crippen molar-refractivity contribution in [2.45, 2.75) is 162 Å². The van der Waals surface area contributed by atoms with Gasteiger partial charge in [-0.1, -0.05) is 83.3 Å². The van der Waals surface area contributed by atoms with E-state index < -0.39 is 0 Å². The number of nitrogens with zero attached hydrogens (tertiary/aromatic N) is 2. The van der Waals surface area contributed by atoms with Gasteiger partial charge in [0.1, 0.15) is 29.4 Å². The van der Waals surface area contributed by atoms with Crippen LogP contribution in [0.3, 0.4) is 0 Å². The summed E-state index contributed by atoms with van der Waals surface area (Å²) < 4.78 is 19.1.